The minimum atomic E-state index is 0.872. The molecule has 2 aromatic heterocycles. The molecule has 274 valence electrons. The van der Waals surface area contributed by atoms with Crippen LogP contribution in [-0.4, -0.2) is 4.57 Å². The zero-order chi connectivity index (χ0) is 38.6. The summed E-state index contributed by atoms with van der Waals surface area (Å²) in [6.07, 6.45) is 0. The lowest BCUT2D eigenvalue weighted by Gasteiger charge is -2.28. The molecule has 1 aliphatic rings. The Morgan fingerprint density at radius 2 is 0.915 bits per heavy atom. The van der Waals surface area contributed by atoms with Crippen molar-refractivity contribution in [1.82, 2.24) is 4.57 Å². The first-order chi connectivity index (χ1) is 29.2. The summed E-state index contributed by atoms with van der Waals surface area (Å²) in [5.41, 5.74) is 16.1. The van der Waals surface area contributed by atoms with Gasteiger partial charge < -0.3 is 13.9 Å². The van der Waals surface area contributed by atoms with E-state index in [2.05, 4.69) is 210 Å². The molecule has 0 fully saturated rings. The second-order valence-corrected chi connectivity index (χ2v) is 15.7. The zero-order valence-electron chi connectivity index (χ0n) is 31.9. The lowest BCUT2D eigenvalue weighted by molar-refractivity contribution is 0.669. The summed E-state index contributed by atoms with van der Waals surface area (Å²) >= 11 is 0. The maximum absolute atomic E-state index is 6.66. The highest BCUT2D eigenvalue weighted by atomic mass is 16.3. The summed E-state index contributed by atoms with van der Waals surface area (Å²) in [5.74, 6) is 0. The molecule has 0 N–H and O–H groups in total. The van der Waals surface area contributed by atoms with E-state index in [1.54, 1.807) is 0 Å². The van der Waals surface area contributed by atoms with Crippen LogP contribution in [0.1, 0.15) is 0 Å². The third kappa shape index (κ3) is 4.82. The average Bonchev–Trinajstić information content (AvgIpc) is 3.85. The molecule has 0 unspecified atom stereocenters. The Labute approximate surface area is 340 Å². The number of aromatic nitrogens is 1. The van der Waals surface area contributed by atoms with Crippen LogP contribution < -0.4 is 4.90 Å². The van der Waals surface area contributed by atoms with Gasteiger partial charge in [0.25, 0.3) is 0 Å². The highest BCUT2D eigenvalue weighted by Gasteiger charge is 2.25. The number of rotatable bonds is 5. The molecule has 3 heteroatoms. The van der Waals surface area contributed by atoms with Crippen LogP contribution in [0.2, 0.25) is 0 Å². The third-order valence-corrected chi connectivity index (χ3v) is 12.4. The van der Waals surface area contributed by atoms with E-state index in [4.69, 9.17) is 4.42 Å². The number of benzene rings is 10. The van der Waals surface area contributed by atoms with Gasteiger partial charge in [0, 0.05) is 38.6 Å². The quantitative estimate of drug-likeness (QED) is 0.175. The molecule has 0 atom stereocenters. The molecule has 0 aliphatic heterocycles. The van der Waals surface area contributed by atoms with E-state index in [-0.39, 0.29) is 0 Å². The summed E-state index contributed by atoms with van der Waals surface area (Å²) in [6.45, 7) is 0. The van der Waals surface area contributed by atoms with Gasteiger partial charge in [-0.15, -0.1) is 0 Å². The maximum Gasteiger partial charge on any atom is 0.159 e. The van der Waals surface area contributed by atoms with E-state index in [0.717, 1.165) is 44.6 Å². The summed E-state index contributed by atoms with van der Waals surface area (Å²) in [6, 6.07) is 75.0. The van der Waals surface area contributed by atoms with Crippen LogP contribution in [0.5, 0.6) is 0 Å². The van der Waals surface area contributed by atoms with E-state index in [1.165, 1.54) is 76.9 Å². The molecule has 10 aromatic carbocycles. The van der Waals surface area contributed by atoms with Gasteiger partial charge >= 0.3 is 0 Å². The minimum absolute atomic E-state index is 0.872. The summed E-state index contributed by atoms with van der Waals surface area (Å²) in [5, 5.41) is 9.69. The summed E-state index contributed by atoms with van der Waals surface area (Å²) in [7, 11) is 0. The van der Waals surface area contributed by atoms with Gasteiger partial charge in [-0.3, -0.25) is 0 Å². The number of para-hydroxylation sites is 4. The lowest BCUT2D eigenvalue weighted by atomic mass is 9.78. The first-order valence-electron chi connectivity index (χ1n) is 20.2. The molecule has 0 spiro atoms. The standard InChI is InChI=1S/C56H34N2O/c1-2-12-35(13-3-1)36-14-10-15-41(28-36)57(54-22-11-19-47-46-18-6-9-23-55(46)59-56(47)54)42-26-24-37-31-48-49-32-38-25-27-43(30-40(38)34-51(49)50(48)33-39(37)29-42)58-52-20-7-4-16-44(52)45-17-5-8-21-53(45)58/h1-34H. The average molecular weight is 751 g/mol. The van der Waals surface area contributed by atoms with Crippen LogP contribution in [0.3, 0.4) is 0 Å². The molecule has 59 heavy (non-hydrogen) atoms. The first-order valence-corrected chi connectivity index (χ1v) is 20.2. The van der Waals surface area contributed by atoms with Gasteiger partial charge in [0.2, 0.25) is 0 Å². The van der Waals surface area contributed by atoms with E-state index >= 15 is 0 Å². The zero-order valence-corrected chi connectivity index (χ0v) is 31.9. The van der Waals surface area contributed by atoms with Crippen molar-refractivity contribution in [3.63, 3.8) is 0 Å². The van der Waals surface area contributed by atoms with Crippen LogP contribution in [0.25, 0.3) is 104 Å². The van der Waals surface area contributed by atoms with Crippen LogP contribution in [0.15, 0.2) is 211 Å². The van der Waals surface area contributed by atoms with E-state index < -0.39 is 0 Å². The number of hydrogen-bond donors (Lipinski definition) is 0. The van der Waals surface area contributed by atoms with Crippen molar-refractivity contribution in [3.05, 3.63) is 206 Å². The Kier molecular flexibility index (Phi) is 6.72. The number of nitrogens with zero attached hydrogens (tertiary/aromatic N) is 2. The normalized spacial score (nSPS) is 12.1. The van der Waals surface area contributed by atoms with Crippen LogP contribution in [0.4, 0.5) is 17.1 Å². The fourth-order valence-corrected chi connectivity index (χ4v) is 9.67. The van der Waals surface area contributed by atoms with Crippen molar-refractivity contribution in [2.75, 3.05) is 4.90 Å². The fourth-order valence-electron chi connectivity index (χ4n) is 9.67. The Morgan fingerprint density at radius 3 is 1.66 bits per heavy atom. The largest absolute Gasteiger partial charge is 0.454 e. The summed E-state index contributed by atoms with van der Waals surface area (Å²) < 4.78 is 9.06. The van der Waals surface area contributed by atoms with Crippen LogP contribution >= 0.6 is 0 Å². The van der Waals surface area contributed by atoms with Crippen molar-refractivity contribution >= 4 is 82.4 Å². The topological polar surface area (TPSA) is 21.3 Å². The van der Waals surface area contributed by atoms with E-state index in [0.29, 0.717) is 0 Å². The SMILES string of the molecule is c1ccc(-c2cccc(N(c3ccc4cc5c(cc4c3)-c3cc4cc(-n6c7ccccc7c7ccccc76)ccc4cc3-5)c3cccc4c3oc3ccccc34)c2)cc1. The second kappa shape index (κ2) is 12.3. The van der Waals surface area contributed by atoms with Gasteiger partial charge in [-0.2, -0.15) is 0 Å². The number of fused-ring (bicyclic) bond motifs is 12. The number of anilines is 3. The predicted octanol–water partition coefficient (Wildman–Crippen LogP) is 15.8. The predicted molar refractivity (Wildman–Crippen MR) is 248 cm³/mol. The molecular weight excluding hydrogens is 717 g/mol. The molecule has 0 radical (unpaired) electrons. The van der Waals surface area contributed by atoms with Crippen LogP contribution in [0, 0.1) is 0 Å². The van der Waals surface area contributed by atoms with Gasteiger partial charge in [-0.1, -0.05) is 121 Å². The summed E-state index contributed by atoms with van der Waals surface area (Å²) in [4.78, 5) is 2.35. The van der Waals surface area contributed by atoms with Gasteiger partial charge in [-0.05, 0) is 140 Å². The monoisotopic (exact) mass is 750 g/mol. The molecule has 2 heterocycles. The molecule has 13 rings (SSSR count). The van der Waals surface area contributed by atoms with E-state index in [9.17, 15) is 0 Å². The molecule has 0 saturated carbocycles. The Morgan fingerprint density at radius 1 is 0.356 bits per heavy atom. The van der Waals surface area contributed by atoms with Gasteiger partial charge in [0.05, 0.1) is 16.7 Å². The second-order valence-electron chi connectivity index (χ2n) is 15.7. The number of hydrogen-bond acceptors (Lipinski definition) is 2. The smallest absolute Gasteiger partial charge is 0.159 e. The van der Waals surface area contributed by atoms with Crippen molar-refractivity contribution in [1.29, 1.82) is 0 Å². The van der Waals surface area contributed by atoms with Crippen LogP contribution in [-0.2, 0) is 0 Å². The van der Waals surface area contributed by atoms with E-state index in [1.807, 2.05) is 6.07 Å². The molecule has 0 saturated heterocycles. The van der Waals surface area contributed by atoms with Gasteiger partial charge in [-0.25, -0.2) is 0 Å². The molecule has 0 bridgehead atoms. The van der Waals surface area contributed by atoms with Crippen molar-refractivity contribution in [3.8, 4) is 39.1 Å². The van der Waals surface area contributed by atoms with Crippen molar-refractivity contribution < 1.29 is 4.42 Å². The molecule has 1 aliphatic carbocycles. The highest BCUT2D eigenvalue weighted by molar-refractivity contribution is 6.14. The number of furan rings is 1. The van der Waals surface area contributed by atoms with Gasteiger partial charge in [0.1, 0.15) is 5.58 Å². The van der Waals surface area contributed by atoms with Crippen molar-refractivity contribution in [2.45, 2.75) is 0 Å². The molecule has 3 nitrogen and oxygen atoms in total. The fraction of sp³-hybridized carbons (Fsp3) is 0. The lowest BCUT2D eigenvalue weighted by Crippen LogP contribution is -2.10. The first kappa shape index (κ1) is 32.2. The molecule has 0 amide bonds. The molecule has 12 aromatic rings. The molecular formula is C56H34N2O. The maximum atomic E-state index is 6.66. The third-order valence-electron chi connectivity index (χ3n) is 12.4. The minimum Gasteiger partial charge on any atom is -0.454 e. The van der Waals surface area contributed by atoms with Gasteiger partial charge in [0.15, 0.2) is 5.58 Å². The Bertz CT molecular complexity index is 3630. The Hall–Kier alpha value is -7.88. The van der Waals surface area contributed by atoms with Crippen molar-refractivity contribution in [2.24, 2.45) is 0 Å². The Balaban J connectivity index is 0.954. The highest BCUT2D eigenvalue weighted by Crippen LogP contribution is 2.51.